The molecule has 0 aliphatic carbocycles. The van der Waals surface area contributed by atoms with E-state index >= 15 is 0 Å². The van der Waals surface area contributed by atoms with Crippen molar-refractivity contribution >= 4 is 33.1 Å². The average molecular weight is 287 g/mol. The number of hydrogen-bond donors (Lipinski definition) is 1. The standard InChI is InChI=1S/C9H11BrN4S/c1-3-5-6(13-14(2)9(5)11)7-8(10)15-4-12-7/h4H,3,11H2,1-2H3. The van der Waals surface area contributed by atoms with Crippen molar-refractivity contribution in [2.45, 2.75) is 13.3 Å². The van der Waals surface area contributed by atoms with Crippen LogP contribution in [0.2, 0.25) is 0 Å². The topological polar surface area (TPSA) is 56.7 Å². The lowest BCUT2D eigenvalue weighted by Crippen LogP contribution is -1.98. The lowest BCUT2D eigenvalue weighted by atomic mass is 10.1. The first kappa shape index (κ1) is 10.6. The molecule has 2 heterocycles. The summed E-state index contributed by atoms with van der Waals surface area (Å²) < 4.78 is 2.69. The summed E-state index contributed by atoms with van der Waals surface area (Å²) in [4.78, 5) is 4.29. The van der Waals surface area contributed by atoms with Gasteiger partial charge in [-0.15, -0.1) is 11.3 Å². The Hall–Kier alpha value is -0.880. The molecule has 0 spiro atoms. The van der Waals surface area contributed by atoms with Crippen LogP contribution < -0.4 is 5.73 Å². The third-order valence-electron chi connectivity index (χ3n) is 2.30. The highest BCUT2D eigenvalue weighted by molar-refractivity contribution is 9.11. The number of aromatic nitrogens is 3. The van der Waals surface area contributed by atoms with Crippen molar-refractivity contribution in [1.82, 2.24) is 14.8 Å². The van der Waals surface area contributed by atoms with E-state index in [2.05, 4.69) is 32.9 Å². The summed E-state index contributed by atoms with van der Waals surface area (Å²) in [6.07, 6.45) is 0.860. The predicted octanol–water partition coefficient (Wildman–Crippen LogP) is 2.45. The van der Waals surface area contributed by atoms with Gasteiger partial charge < -0.3 is 5.73 Å². The van der Waals surface area contributed by atoms with Gasteiger partial charge in [0.15, 0.2) is 0 Å². The lowest BCUT2D eigenvalue weighted by molar-refractivity contribution is 0.781. The van der Waals surface area contributed by atoms with Crippen molar-refractivity contribution in [2.75, 3.05) is 5.73 Å². The summed E-state index contributed by atoms with van der Waals surface area (Å²) in [7, 11) is 1.85. The molecule has 0 amide bonds. The zero-order valence-electron chi connectivity index (χ0n) is 8.49. The Bertz CT molecular complexity index is 488. The van der Waals surface area contributed by atoms with E-state index in [4.69, 9.17) is 5.73 Å². The molecule has 0 aliphatic rings. The second kappa shape index (κ2) is 3.94. The first-order valence-electron chi connectivity index (χ1n) is 4.55. The number of nitrogens with two attached hydrogens (primary N) is 1. The molecule has 2 aromatic rings. The number of halogens is 1. The minimum absolute atomic E-state index is 0.715. The maximum absolute atomic E-state index is 5.93. The minimum Gasteiger partial charge on any atom is -0.384 e. The minimum atomic E-state index is 0.715. The summed E-state index contributed by atoms with van der Waals surface area (Å²) in [6, 6.07) is 0. The third kappa shape index (κ3) is 1.68. The molecule has 0 atom stereocenters. The number of nitrogens with zero attached hydrogens (tertiary/aromatic N) is 3. The summed E-state index contributed by atoms with van der Waals surface area (Å²) in [6.45, 7) is 2.07. The molecule has 2 rings (SSSR count). The van der Waals surface area contributed by atoms with Gasteiger partial charge in [-0.05, 0) is 22.4 Å². The van der Waals surface area contributed by atoms with E-state index in [9.17, 15) is 0 Å². The molecule has 0 aromatic carbocycles. The van der Waals surface area contributed by atoms with Crippen molar-refractivity contribution in [3.63, 3.8) is 0 Å². The number of thiazole rings is 1. The molecule has 0 unspecified atom stereocenters. The van der Waals surface area contributed by atoms with Gasteiger partial charge in [0, 0.05) is 12.6 Å². The fourth-order valence-corrected chi connectivity index (χ4v) is 2.56. The first-order valence-corrected chi connectivity index (χ1v) is 6.23. The van der Waals surface area contributed by atoms with Gasteiger partial charge in [0.1, 0.15) is 17.2 Å². The van der Waals surface area contributed by atoms with Gasteiger partial charge in [0.2, 0.25) is 0 Å². The Balaban J connectivity index is 2.63. The van der Waals surface area contributed by atoms with Crippen LogP contribution >= 0.6 is 27.3 Å². The predicted molar refractivity (Wildman–Crippen MR) is 65.8 cm³/mol. The van der Waals surface area contributed by atoms with Gasteiger partial charge in [-0.1, -0.05) is 6.92 Å². The van der Waals surface area contributed by atoms with Crippen molar-refractivity contribution in [3.05, 3.63) is 14.9 Å². The van der Waals surface area contributed by atoms with E-state index < -0.39 is 0 Å². The van der Waals surface area contributed by atoms with Crippen LogP contribution in [-0.4, -0.2) is 14.8 Å². The zero-order chi connectivity index (χ0) is 11.0. The Morgan fingerprint density at radius 3 is 2.80 bits per heavy atom. The molecule has 6 heteroatoms. The van der Waals surface area contributed by atoms with Gasteiger partial charge in [0.25, 0.3) is 0 Å². The fraction of sp³-hybridized carbons (Fsp3) is 0.333. The number of nitrogen functional groups attached to an aromatic ring is 1. The highest BCUT2D eigenvalue weighted by Gasteiger charge is 2.17. The summed E-state index contributed by atoms with van der Waals surface area (Å²) in [5.41, 5.74) is 10.5. The summed E-state index contributed by atoms with van der Waals surface area (Å²) in [5, 5.41) is 4.39. The normalized spacial score (nSPS) is 10.9. The van der Waals surface area contributed by atoms with Crippen molar-refractivity contribution in [2.24, 2.45) is 7.05 Å². The van der Waals surface area contributed by atoms with Crippen LogP contribution in [0.3, 0.4) is 0 Å². The van der Waals surface area contributed by atoms with Gasteiger partial charge in [0.05, 0.1) is 9.30 Å². The van der Waals surface area contributed by atoms with E-state index in [1.54, 1.807) is 21.5 Å². The molecule has 0 saturated heterocycles. The Morgan fingerprint density at radius 2 is 2.27 bits per heavy atom. The van der Waals surface area contributed by atoms with E-state index in [1.165, 1.54) is 0 Å². The Labute approximate surface area is 100 Å². The molecular weight excluding hydrogens is 276 g/mol. The largest absolute Gasteiger partial charge is 0.384 e. The number of aryl methyl sites for hydroxylation is 1. The summed E-state index contributed by atoms with van der Waals surface area (Å²) >= 11 is 5.02. The maximum Gasteiger partial charge on any atom is 0.125 e. The van der Waals surface area contributed by atoms with Crippen LogP contribution in [-0.2, 0) is 13.5 Å². The summed E-state index contributed by atoms with van der Waals surface area (Å²) in [5.74, 6) is 0.715. The van der Waals surface area contributed by atoms with E-state index in [1.807, 2.05) is 7.05 Å². The first-order chi connectivity index (χ1) is 7.15. The van der Waals surface area contributed by atoms with Crippen LogP contribution in [0.5, 0.6) is 0 Å². The van der Waals surface area contributed by atoms with E-state index in [-0.39, 0.29) is 0 Å². The Kier molecular flexibility index (Phi) is 2.79. The van der Waals surface area contributed by atoms with Crippen molar-refractivity contribution in [3.8, 4) is 11.4 Å². The third-order valence-corrected chi connectivity index (χ3v) is 3.84. The highest BCUT2D eigenvalue weighted by atomic mass is 79.9. The van der Waals surface area contributed by atoms with Gasteiger partial charge >= 0.3 is 0 Å². The monoisotopic (exact) mass is 286 g/mol. The lowest BCUT2D eigenvalue weighted by Gasteiger charge is -1.97. The van der Waals surface area contributed by atoms with Crippen molar-refractivity contribution in [1.29, 1.82) is 0 Å². The van der Waals surface area contributed by atoms with Crippen LogP contribution in [0.1, 0.15) is 12.5 Å². The van der Waals surface area contributed by atoms with Crippen LogP contribution in [0, 0.1) is 0 Å². The van der Waals surface area contributed by atoms with Gasteiger partial charge in [-0.3, -0.25) is 4.68 Å². The molecule has 4 nitrogen and oxygen atoms in total. The molecule has 2 aromatic heterocycles. The molecule has 80 valence electrons. The average Bonchev–Trinajstić information content (AvgIpc) is 2.73. The second-order valence-electron chi connectivity index (χ2n) is 3.16. The molecule has 0 radical (unpaired) electrons. The quantitative estimate of drug-likeness (QED) is 0.923. The van der Waals surface area contributed by atoms with Crippen LogP contribution in [0.15, 0.2) is 9.30 Å². The van der Waals surface area contributed by atoms with Gasteiger partial charge in [-0.2, -0.15) is 5.10 Å². The molecule has 0 fully saturated rings. The smallest absolute Gasteiger partial charge is 0.125 e. The molecular formula is C9H11BrN4S. The molecule has 15 heavy (non-hydrogen) atoms. The molecule has 0 saturated carbocycles. The number of rotatable bonds is 2. The van der Waals surface area contributed by atoms with E-state index in [0.717, 1.165) is 27.2 Å². The zero-order valence-corrected chi connectivity index (χ0v) is 10.9. The molecule has 0 aliphatic heterocycles. The number of hydrogen-bond acceptors (Lipinski definition) is 4. The SMILES string of the molecule is CCc1c(-c2ncsc2Br)nn(C)c1N. The number of anilines is 1. The van der Waals surface area contributed by atoms with Crippen LogP contribution in [0.25, 0.3) is 11.4 Å². The maximum atomic E-state index is 5.93. The van der Waals surface area contributed by atoms with Gasteiger partial charge in [-0.25, -0.2) is 4.98 Å². The second-order valence-corrected chi connectivity index (χ2v) is 5.34. The van der Waals surface area contributed by atoms with Crippen molar-refractivity contribution < 1.29 is 0 Å². The Morgan fingerprint density at radius 1 is 1.53 bits per heavy atom. The van der Waals surface area contributed by atoms with Crippen LogP contribution in [0.4, 0.5) is 5.82 Å². The highest BCUT2D eigenvalue weighted by Crippen LogP contribution is 2.33. The fourth-order valence-electron chi connectivity index (χ4n) is 1.51. The molecule has 2 N–H and O–H groups in total. The van der Waals surface area contributed by atoms with E-state index in [0.29, 0.717) is 5.82 Å². The molecule has 0 bridgehead atoms.